The maximum absolute atomic E-state index is 5.57. The Balaban J connectivity index is 1.55. The van der Waals surface area contributed by atoms with Crippen molar-refractivity contribution in [3.8, 4) is 0 Å². The highest BCUT2D eigenvalue weighted by molar-refractivity contribution is 5.44. The van der Waals surface area contributed by atoms with Crippen LogP contribution in [0, 0.1) is 0 Å². The monoisotopic (exact) mass is 423 g/mol. The summed E-state index contributed by atoms with van der Waals surface area (Å²) in [6.45, 7) is 6.34. The summed E-state index contributed by atoms with van der Waals surface area (Å²) in [5.74, 6) is 1.92. The van der Waals surface area contributed by atoms with Crippen LogP contribution in [0.15, 0.2) is 0 Å². The Kier molecular flexibility index (Phi) is 10.3. The number of nitrogens with one attached hydrogen (secondary N) is 2. The maximum Gasteiger partial charge on any atom is 0.232 e. The molecule has 10 heteroatoms. The molecule has 170 valence electrons. The zero-order valence-electron chi connectivity index (χ0n) is 18.0. The highest BCUT2D eigenvalue weighted by atomic mass is 16.5. The molecule has 4 N–H and O–H groups in total. The molecule has 3 rings (SSSR count). The van der Waals surface area contributed by atoms with Crippen molar-refractivity contribution >= 4 is 17.8 Å². The van der Waals surface area contributed by atoms with Gasteiger partial charge in [-0.25, -0.2) is 0 Å². The van der Waals surface area contributed by atoms with Crippen LogP contribution in [-0.4, -0.2) is 86.8 Å². The first-order valence-electron chi connectivity index (χ1n) is 11.3. The van der Waals surface area contributed by atoms with Crippen molar-refractivity contribution in [1.82, 2.24) is 15.0 Å². The summed E-state index contributed by atoms with van der Waals surface area (Å²) < 4.78 is 16.3. The van der Waals surface area contributed by atoms with Crippen LogP contribution in [0.1, 0.15) is 38.5 Å². The normalized spacial score (nSPS) is 18.2. The number of nitrogens with two attached hydrogens (primary N) is 1. The second-order valence-electron chi connectivity index (χ2n) is 7.66. The number of morpholine rings is 1. The number of hydrogen-bond donors (Lipinski definition) is 3. The summed E-state index contributed by atoms with van der Waals surface area (Å²) in [6.07, 6.45) is 7.49. The first-order chi connectivity index (χ1) is 14.8. The molecule has 0 spiro atoms. The van der Waals surface area contributed by atoms with E-state index < -0.39 is 0 Å². The third kappa shape index (κ3) is 8.17. The average molecular weight is 424 g/mol. The maximum atomic E-state index is 5.57. The summed E-state index contributed by atoms with van der Waals surface area (Å²) in [5, 5.41) is 6.82. The molecule has 1 aromatic rings. The van der Waals surface area contributed by atoms with E-state index in [9.17, 15) is 0 Å². The molecule has 1 saturated carbocycles. The molecule has 0 bridgehead atoms. The van der Waals surface area contributed by atoms with Crippen molar-refractivity contribution < 1.29 is 14.2 Å². The van der Waals surface area contributed by atoms with E-state index in [1.807, 2.05) is 0 Å². The van der Waals surface area contributed by atoms with Gasteiger partial charge >= 0.3 is 0 Å². The van der Waals surface area contributed by atoms with Crippen molar-refractivity contribution in [2.75, 3.05) is 81.4 Å². The standard InChI is InChI=1S/C20H37N7O3/c21-7-11-28-15-16-29-12-8-22-18-24-19(23-17-5-3-1-2-4-6-17)26-20(25-18)27-9-13-30-14-10-27/h17H,1-16,21H2,(H2,22,23,24,25,26). The fourth-order valence-electron chi connectivity index (χ4n) is 3.66. The Morgan fingerprint density at radius 1 is 0.900 bits per heavy atom. The molecule has 1 aliphatic carbocycles. The Morgan fingerprint density at radius 3 is 2.33 bits per heavy atom. The van der Waals surface area contributed by atoms with E-state index in [1.54, 1.807) is 0 Å². The summed E-state index contributed by atoms with van der Waals surface area (Å²) >= 11 is 0. The topological polar surface area (TPSA) is 120 Å². The van der Waals surface area contributed by atoms with Crippen molar-refractivity contribution in [2.45, 2.75) is 44.6 Å². The van der Waals surface area contributed by atoms with Gasteiger partial charge in [0.25, 0.3) is 0 Å². The van der Waals surface area contributed by atoms with Gasteiger partial charge in [-0.15, -0.1) is 0 Å². The molecular weight excluding hydrogens is 386 g/mol. The second kappa shape index (κ2) is 13.5. The molecule has 1 saturated heterocycles. The quantitative estimate of drug-likeness (QED) is 0.335. The van der Waals surface area contributed by atoms with E-state index in [-0.39, 0.29) is 0 Å². The lowest BCUT2D eigenvalue weighted by Gasteiger charge is -2.27. The molecule has 10 nitrogen and oxygen atoms in total. The zero-order valence-corrected chi connectivity index (χ0v) is 18.0. The minimum Gasteiger partial charge on any atom is -0.378 e. The molecule has 0 radical (unpaired) electrons. The lowest BCUT2D eigenvalue weighted by atomic mass is 10.1. The molecule has 30 heavy (non-hydrogen) atoms. The summed E-state index contributed by atoms with van der Waals surface area (Å²) in [6, 6.07) is 0.428. The Labute approximate surface area is 179 Å². The molecule has 2 aliphatic rings. The SMILES string of the molecule is NCCOCCOCCNc1nc(NC2CCCCCC2)nc(N2CCOCC2)n1. The minimum atomic E-state index is 0.428. The van der Waals surface area contributed by atoms with Crippen molar-refractivity contribution in [1.29, 1.82) is 0 Å². The van der Waals surface area contributed by atoms with Gasteiger partial charge in [0.2, 0.25) is 17.8 Å². The zero-order chi connectivity index (χ0) is 20.9. The van der Waals surface area contributed by atoms with Gasteiger partial charge in [-0.2, -0.15) is 15.0 Å². The van der Waals surface area contributed by atoms with Crippen LogP contribution in [0.5, 0.6) is 0 Å². The lowest BCUT2D eigenvalue weighted by Crippen LogP contribution is -2.37. The largest absolute Gasteiger partial charge is 0.378 e. The van der Waals surface area contributed by atoms with Gasteiger partial charge in [-0.3, -0.25) is 0 Å². The molecule has 2 heterocycles. The van der Waals surface area contributed by atoms with Gasteiger partial charge < -0.3 is 35.5 Å². The third-order valence-corrected chi connectivity index (χ3v) is 5.27. The summed E-state index contributed by atoms with van der Waals surface area (Å²) in [4.78, 5) is 16.1. The number of anilines is 3. The first kappa shape index (κ1) is 22.9. The number of rotatable bonds is 12. The molecule has 1 aliphatic heterocycles. The van der Waals surface area contributed by atoms with E-state index >= 15 is 0 Å². The molecule has 1 aromatic heterocycles. The van der Waals surface area contributed by atoms with Gasteiger partial charge in [0.1, 0.15) is 0 Å². The fourth-order valence-corrected chi connectivity index (χ4v) is 3.66. The Morgan fingerprint density at radius 2 is 1.60 bits per heavy atom. The van der Waals surface area contributed by atoms with Crippen LogP contribution in [0.25, 0.3) is 0 Å². The molecule has 0 amide bonds. The van der Waals surface area contributed by atoms with E-state index in [2.05, 4.69) is 25.5 Å². The van der Waals surface area contributed by atoms with Gasteiger partial charge in [-0.1, -0.05) is 25.7 Å². The predicted octanol–water partition coefficient (Wildman–Crippen LogP) is 1.25. The Hall–Kier alpha value is -1.75. The Bertz CT molecular complexity index is 594. The van der Waals surface area contributed by atoms with Crippen molar-refractivity contribution in [3.63, 3.8) is 0 Å². The van der Waals surface area contributed by atoms with Crippen LogP contribution >= 0.6 is 0 Å². The lowest BCUT2D eigenvalue weighted by molar-refractivity contribution is 0.0547. The number of nitrogens with zero attached hydrogens (tertiary/aromatic N) is 4. The van der Waals surface area contributed by atoms with Gasteiger partial charge in [-0.05, 0) is 12.8 Å². The highest BCUT2D eigenvalue weighted by Gasteiger charge is 2.19. The molecular formula is C20H37N7O3. The average Bonchev–Trinajstić information content (AvgIpc) is 3.05. The van der Waals surface area contributed by atoms with Gasteiger partial charge in [0.05, 0.1) is 39.6 Å². The number of hydrogen-bond acceptors (Lipinski definition) is 10. The molecule has 0 unspecified atom stereocenters. The second-order valence-corrected chi connectivity index (χ2v) is 7.66. The van der Waals surface area contributed by atoms with E-state index in [0.717, 1.165) is 13.1 Å². The van der Waals surface area contributed by atoms with Crippen LogP contribution in [0.4, 0.5) is 17.8 Å². The molecule has 2 fully saturated rings. The summed E-state index contributed by atoms with van der Waals surface area (Å²) in [5.41, 5.74) is 5.39. The van der Waals surface area contributed by atoms with Crippen LogP contribution in [-0.2, 0) is 14.2 Å². The smallest absolute Gasteiger partial charge is 0.232 e. The molecule has 0 aromatic carbocycles. The minimum absolute atomic E-state index is 0.428. The van der Waals surface area contributed by atoms with Crippen LogP contribution < -0.4 is 21.3 Å². The van der Waals surface area contributed by atoms with Crippen LogP contribution in [0.2, 0.25) is 0 Å². The van der Waals surface area contributed by atoms with E-state index in [1.165, 1.54) is 38.5 Å². The van der Waals surface area contributed by atoms with Crippen molar-refractivity contribution in [3.05, 3.63) is 0 Å². The number of aromatic nitrogens is 3. The number of ether oxygens (including phenoxy) is 3. The highest BCUT2D eigenvalue weighted by Crippen LogP contribution is 2.21. The van der Waals surface area contributed by atoms with Crippen LogP contribution in [0.3, 0.4) is 0 Å². The molecule has 0 atom stereocenters. The fraction of sp³-hybridized carbons (Fsp3) is 0.850. The van der Waals surface area contributed by atoms with Crippen molar-refractivity contribution in [2.24, 2.45) is 5.73 Å². The third-order valence-electron chi connectivity index (χ3n) is 5.27. The van der Waals surface area contributed by atoms with E-state index in [0.29, 0.717) is 76.6 Å². The first-order valence-corrected chi connectivity index (χ1v) is 11.3. The van der Waals surface area contributed by atoms with Gasteiger partial charge in [0, 0.05) is 32.2 Å². The van der Waals surface area contributed by atoms with E-state index in [4.69, 9.17) is 24.9 Å². The van der Waals surface area contributed by atoms with Gasteiger partial charge in [0.15, 0.2) is 0 Å². The predicted molar refractivity (Wildman–Crippen MR) is 117 cm³/mol. The summed E-state index contributed by atoms with van der Waals surface area (Å²) in [7, 11) is 0.